The Labute approximate surface area is 206 Å². The molecule has 0 saturated heterocycles. The molecular weight excluding hydrogens is 448 g/mol. The number of hydrogen-bond donors (Lipinski definition) is 3. The lowest BCUT2D eigenvalue weighted by molar-refractivity contribution is -0.132. The van der Waals surface area contributed by atoms with E-state index in [-0.39, 0.29) is 22.5 Å². The Kier molecular flexibility index (Phi) is 17.5. The van der Waals surface area contributed by atoms with E-state index in [1.807, 2.05) is 26.0 Å². The van der Waals surface area contributed by atoms with E-state index in [9.17, 15) is 19.5 Å². The molecule has 0 amide bonds. The molecule has 0 unspecified atom stereocenters. The third-order valence-corrected chi connectivity index (χ3v) is 3.78. The van der Waals surface area contributed by atoms with Crippen LogP contribution in [0.2, 0.25) is 0 Å². The Morgan fingerprint density at radius 1 is 1.06 bits per heavy atom. The summed E-state index contributed by atoms with van der Waals surface area (Å²) in [5.41, 5.74) is 2.53. The lowest BCUT2D eigenvalue weighted by Crippen LogP contribution is -2.00. The highest BCUT2D eigenvalue weighted by atomic mass is 16.4. The van der Waals surface area contributed by atoms with Crippen LogP contribution in [0.15, 0.2) is 82.6 Å². The number of phenolic OH excluding ortho intramolecular Hbond substituents is 1. The summed E-state index contributed by atoms with van der Waals surface area (Å²) in [6.07, 6.45) is 5.57. The van der Waals surface area contributed by atoms with Gasteiger partial charge in [0.25, 0.3) is 0 Å². The molecule has 190 valence electrons. The molecule has 7 heteroatoms. The molecule has 0 fully saturated rings. The Morgan fingerprint density at radius 2 is 1.63 bits per heavy atom. The minimum atomic E-state index is -0.969. The molecular formula is C28H36O7. The van der Waals surface area contributed by atoms with Gasteiger partial charge in [0.05, 0.1) is 5.57 Å². The molecule has 0 aromatic heterocycles. The maximum Gasteiger partial charge on any atom is 0.335 e. The number of carboxylic acid groups (broad SMARTS) is 1. The minimum Gasteiger partial charge on any atom is -0.508 e. The Bertz CT molecular complexity index is 1150. The SMILES string of the molecule is C=C(/C=C\C)C(=O)O.C=CCc1c2ccc(=O)cc-2oc2cc(O)ccc12.CC.CC(C)=O.CO. The number of aliphatic hydroxyl groups excluding tert-OH is 1. The van der Waals surface area contributed by atoms with Gasteiger partial charge in [-0.1, -0.05) is 38.7 Å². The second kappa shape index (κ2) is 18.5. The molecule has 1 aromatic rings. The molecule has 1 heterocycles. The molecule has 1 aromatic carbocycles. The molecule has 1 aliphatic heterocycles. The number of phenols is 1. The monoisotopic (exact) mass is 484 g/mol. The predicted molar refractivity (Wildman–Crippen MR) is 142 cm³/mol. The molecule has 0 saturated carbocycles. The number of aliphatic carboxylic acids is 1. The molecule has 0 bridgehead atoms. The van der Waals surface area contributed by atoms with E-state index in [1.165, 1.54) is 32.1 Å². The molecule has 0 spiro atoms. The summed E-state index contributed by atoms with van der Waals surface area (Å²) in [6, 6.07) is 9.75. The second-order valence-electron chi connectivity index (χ2n) is 6.65. The summed E-state index contributed by atoms with van der Waals surface area (Å²) >= 11 is 0. The fourth-order valence-corrected chi connectivity index (χ4v) is 2.58. The van der Waals surface area contributed by atoms with Crippen LogP contribution < -0.4 is 5.43 Å². The van der Waals surface area contributed by atoms with Crippen molar-refractivity contribution in [3.05, 3.63) is 89.1 Å². The summed E-state index contributed by atoms with van der Waals surface area (Å²) in [4.78, 5) is 30.8. The number of carbonyl (C=O) groups excluding carboxylic acids is 1. The number of carboxylic acids is 1. The van der Waals surface area contributed by atoms with Crippen molar-refractivity contribution in [1.82, 2.24) is 0 Å². The van der Waals surface area contributed by atoms with Crippen LogP contribution in [-0.2, 0) is 16.0 Å². The van der Waals surface area contributed by atoms with Crippen molar-refractivity contribution in [2.75, 3.05) is 7.11 Å². The fraction of sp³-hybridized carbons (Fsp3) is 0.250. The van der Waals surface area contributed by atoms with Crippen molar-refractivity contribution >= 4 is 22.7 Å². The van der Waals surface area contributed by atoms with Crippen LogP contribution in [-0.4, -0.2) is 34.2 Å². The Hall–Kier alpha value is -3.97. The van der Waals surface area contributed by atoms with Gasteiger partial charge in [0.2, 0.25) is 0 Å². The normalized spacial score (nSPS) is 9.23. The largest absolute Gasteiger partial charge is 0.508 e. The fourth-order valence-electron chi connectivity index (χ4n) is 2.58. The summed E-state index contributed by atoms with van der Waals surface area (Å²) in [6.45, 7) is 15.8. The van der Waals surface area contributed by atoms with Crippen molar-refractivity contribution in [2.45, 2.75) is 41.0 Å². The first-order valence-electron chi connectivity index (χ1n) is 10.9. The van der Waals surface area contributed by atoms with Gasteiger partial charge in [0.1, 0.15) is 22.9 Å². The third kappa shape index (κ3) is 12.2. The second-order valence-corrected chi connectivity index (χ2v) is 6.65. The molecule has 35 heavy (non-hydrogen) atoms. The van der Waals surface area contributed by atoms with Gasteiger partial charge in [-0.2, -0.15) is 0 Å². The van der Waals surface area contributed by atoms with E-state index in [0.29, 0.717) is 17.8 Å². The average molecular weight is 485 g/mol. The zero-order valence-corrected chi connectivity index (χ0v) is 21.3. The molecule has 0 atom stereocenters. The van der Waals surface area contributed by atoms with E-state index in [2.05, 4.69) is 13.2 Å². The highest BCUT2D eigenvalue weighted by Gasteiger charge is 2.14. The molecule has 3 rings (SSSR count). The lowest BCUT2D eigenvalue weighted by atomic mass is 9.97. The summed E-state index contributed by atoms with van der Waals surface area (Å²) < 4.78 is 5.70. The Morgan fingerprint density at radius 3 is 2.09 bits per heavy atom. The summed E-state index contributed by atoms with van der Waals surface area (Å²) in [7, 11) is 1.00. The van der Waals surface area contributed by atoms with Gasteiger partial charge in [-0.05, 0) is 57.0 Å². The van der Waals surface area contributed by atoms with Gasteiger partial charge >= 0.3 is 5.97 Å². The van der Waals surface area contributed by atoms with E-state index in [4.69, 9.17) is 14.6 Å². The van der Waals surface area contributed by atoms with Crippen molar-refractivity contribution in [3.8, 4) is 17.1 Å². The van der Waals surface area contributed by atoms with Gasteiger partial charge in [-0.3, -0.25) is 4.79 Å². The number of aliphatic hydroxyl groups is 1. The minimum absolute atomic E-state index is 0.0969. The zero-order valence-electron chi connectivity index (χ0n) is 21.3. The topological polar surface area (TPSA) is 125 Å². The molecule has 2 aliphatic rings. The number of aromatic hydroxyl groups is 1. The van der Waals surface area contributed by atoms with Crippen LogP contribution in [0.5, 0.6) is 5.75 Å². The van der Waals surface area contributed by atoms with Crippen LogP contribution in [0.1, 0.15) is 40.2 Å². The molecule has 7 nitrogen and oxygen atoms in total. The molecule has 3 N–H and O–H groups in total. The number of Topliss-reactive ketones (excluding diaryl/α,β-unsaturated/α-hetero) is 1. The van der Waals surface area contributed by atoms with Crippen molar-refractivity contribution < 1.29 is 29.3 Å². The maximum absolute atomic E-state index is 11.4. The van der Waals surface area contributed by atoms with Gasteiger partial charge < -0.3 is 24.5 Å². The van der Waals surface area contributed by atoms with Gasteiger partial charge in [-0.25, -0.2) is 4.79 Å². The van der Waals surface area contributed by atoms with Crippen molar-refractivity contribution in [3.63, 3.8) is 0 Å². The first-order valence-corrected chi connectivity index (χ1v) is 10.9. The van der Waals surface area contributed by atoms with Crippen LogP contribution in [0.25, 0.3) is 22.3 Å². The standard InChI is InChI=1S/C16H12O3.C6H8O2.C3H6O.C2H6.CH4O/c1-2-3-12-13-6-4-10(17)8-15(13)19-16-9-11(18)5-7-14(12)16;1-3-4-5(2)6(7)8;1-3(2)4;2*1-2/h2,4-9,17H,1,3H2;3-4H,2H2,1H3,(H,7,8);1-2H3;1-2H3;2H,1H3/b;4-3-;;;. The van der Waals surface area contributed by atoms with E-state index in [0.717, 1.165) is 23.6 Å². The molecule has 0 radical (unpaired) electrons. The van der Waals surface area contributed by atoms with Crippen LogP contribution in [0.4, 0.5) is 0 Å². The van der Waals surface area contributed by atoms with Gasteiger partial charge in [0, 0.05) is 30.2 Å². The quantitative estimate of drug-likeness (QED) is 0.186. The first-order chi connectivity index (χ1) is 16.6. The maximum atomic E-state index is 11.4. The number of hydrogen-bond acceptors (Lipinski definition) is 6. The highest BCUT2D eigenvalue weighted by molar-refractivity contribution is 5.89. The number of carbonyl (C=O) groups is 2. The van der Waals surface area contributed by atoms with E-state index < -0.39 is 5.97 Å². The van der Waals surface area contributed by atoms with Crippen LogP contribution >= 0.6 is 0 Å². The average Bonchev–Trinajstić information content (AvgIpc) is 2.81. The zero-order chi connectivity index (χ0) is 27.6. The predicted octanol–water partition coefficient (Wildman–Crippen LogP) is 5.77. The number of fused-ring (bicyclic) bond motifs is 2. The number of rotatable bonds is 4. The van der Waals surface area contributed by atoms with Gasteiger partial charge in [0.15, 0.2) is 5.43 Å². The summed E-state index contributed by atoms with van der Waals surface area (Å²) in [5.74, 6) is -0.135. The number of benzene rings is 2. The van der Waals surface area contributed by atoms with Gasteiger partial charge in [-0.15, -0.1) is 6.58 Å². The Balaban J connectivity index is 0. The number of ketones is 1. The van der Waals surface area contributed by atoms with Crippen LogP contribution in [0, 0.1) is 0 Å². The number of allylic oxidation sites excluding steroid dienone is 2. The van der Waals surface area contributed by atoms with E-state index in [1.54, 1.807) is 31.2 Å². The first kappa shape index (κ1) is 33.2. The lowest BCUT2D eigenvalue weighted by Gasteiger charge is -2.13. The van der Waals surface area contributed by atoms with Crippen molar-refractivity contribution in [2.24, 2.45) is 0 Å². The van der Waals surface area contributed by atoms with E-state index >= 15 is 0 Å². The summed E-state index contributed by atoms with van der Waals surface area (Å²) in [5, 5.41) is 25.6. The third-order valence-electron chi connectivity index (χ3n) is 3.78. The smallest absolute Gasteiger partial charge is 0.335 e. The van der Waals surface area contributed by atoms with Crippen LogP contribution in [0.3, 0.4) is 0 Å². The molecule has 1 aliphatic carbocycles. The van der Waals surface area contributed by atoms with Crippen molar-refractivity contribution in [1.29, 1.82) is 0 Å². The highest BCUT2D eigenvalue weighted by Crippen LogP contribution is 2.34.